The number of benzene rings is 1. The number of likely N-dealkylation sites (N-methyl/N-ethyl adjacent to an activating group) is 1. The molecule has 2 rings (SSSR count). The normalized spacial score (nSPS) is 14.4. The monoisotopic (exact) mass is 271 g/mol. The van der Waals surface area contributed by atoms with Crippen molar-refractivity contribution in [1.29, 1.82) is 0 Å². The van der Waals surface area contributed by atoms with Crippen LogP contribution in [-0.2, 0) is 4.79 Å². The quantitative estimate of drug-likeness (QED) is 0.821. The summed E-state index contributed by atoms with van der Waals surface area (Å²) in [4.78, 5) is 13.2. The second kappa shape index (κ2) is 5.02. The Labute approximate surface area is 110 Å². The molecule has 0 unspecified atom stereocenters. The fourth-order valence-electron chi connectivity index (χ4n) is 1.68. The highest BCUT2D eigenvalue weighted by molar-refractivity contribution is 6.31. The minimum atomic E-state index is -0.546. The number of hydrogen-bond donors (Lipinski definition) is 2. The highest BCUT2D eigenvalue weighted by Gasteiger charge is 2.24. The van der Waals surface area contributed by atoms with Crippen LogP contribution in [0.1, 0.15) is 12.8 Å². The summed E-state index contributed by atoms with van der Waals surface area (Å²) in [6, 6.07) is 2.90. The first-order valence-corrected chi connectivity index (χ1v) is 6.10. The third kappa shape index (κ3) is 3.04. The molecule has 1 aromatic rings. The maximum atomic E-state index is 13.4. The molecule has 0 radical (unpaired) electrons. The smallest absolute Gasteiger partial charge is 0.239 e. The van der Waals surface area contributed by atoms with Crippen LogP contribution < -0.4 is 16.0 Å². The molecule has 6 heteroatoms. The maximum Gasteiger partial charge on any atom is 0.239 e. The number of nitrogens with two attached hydrogens (primary N) is 1. The summed E-state index contributed by atoms with van der Waals surface area (Å²) < 4.78 is 13.4. The number of halogens is 2. The van der Waals surface area contributed by atoms with Crippen LogP contribution in [0, 0.1) is 5.82 Å². The van der Waals surface area contributed by atoms with Crippen LogP contribution in [0.2, 0.25) is 5.02 Å². The predicted molar refractivity (Wildman–Crippen MR) is 70.3 cm³/mol. The Morgan fingerprint density at radius 2 is 2.28 bits per heavy atom. The molecular weight excluding hydrogens is 257 g/mol. The van der Waals surface area contributed by atoms with E-state index in [1.54, 1.807) is 11.9 Å². The van der Waals surface area contributed by atoms with Gasteiger partial charge < -0.3 is 16.0 Å². The summed E-state index contributed by atoms with van der Waals surface area (Å²) in [5.74, 6) is -0.634. The SMILES string of the molecule is CN(CC(=O)NC1CC1)c1cc(F)c(Cl)cc1N. The molecule has 3 N–H and O–H groups in total. The van der Waals surface area contributed by atoms with Gasteiger partial charge in [-0.05, 0) is 18.9 Å². The number of nitrogens with zero attached hydrogens (tertiary/aromatic N) is 1. The van der Waals surface area contributed by atoms with Gasteiger partial charge >= 0.3 is 0 Å². The Morgan fingerprint density at radius 3 is 2.89 bits per heavy atom. The van der Waals surface area contributed by atoms with Gasteiger partial charge in [0.2, 0.25) is 5.91 Å². The van der Waals surface area contributed by atoms with Crippen molar-refractivity contribution in [3.05, 3.63) is 23.0 Å². The van der Waals surface area contributed by atoms with Gasteiger partial charge in [-0.3, -0.25) is 4.79 Å². The number of rotatable bonds is 4. The first kappa shape index (κ1) is 13.0. The summed E-state index contributed by atoms with van der Waals surface area (Å²) in [6.07, 6.45) is 2.07. The first-order chi connectivity index (χ1) is 8.47. The molecule has 1 amide bonds. The van der Waals surface area contributed by atoms with Crippen LogP contribution in [0.4, 0.5) is 15.8 Å². The van der Waals surface area contributed by atoms with Crippen molar-refractivity contribution in [2.45, 2.75) is 18.9 Å². The molecular formula is C12H15ClFN3O. The highest BCUT2D eigenvalue weighted by Crippen LogP contribution is 2.28. The van der Waals surface area contributed by atoms with E-state index in [2.05, 4.69) is 5.32 Å². The van der Waals surface area contributed by atoms with Gasteiger partial charge in [0.25, 0.3) is 0 Å². The van der Waals surface area contributed by atoms with Crippen LogP contribution in [0.3, 0.4) is 0 Å². The summed E-state index contributed by atoms with van der Waals surface area (Å²) >= 11 is 5.62. The van der Waals surface area contributed by atoms with Crippen molar-refractivity contribution in [2.24, 2.45) is 0 Å². The molecule has 18 heavy (non-hydrogen) atoms. The Morgan fingerprint density at radius 1 is 1.61 bits per heavy atom. The molecule has 1 fully saturated rings. The van der Waals surface area contributed by atoms with Gasteiger partial charge in [0.15, 0.2) is 0 Å². The fraction of sp³-hybridized carbons (Fsp3) is 0.417. The number of hydrogen-bond acceptors (Lipinski definition) is 3. The number of carbonyl (C=O) groups excluding carboxylic acids is 1. The molecule has 4 nitrogen and oxygen atoms in total. The van der Waals surface area contributed by atoms with Gasteiger partial charge in [-0.15, -0.1) is 0 Å². The van der Waals surface area contributed by atoms with E-state index in [-0.39, 0.29) is 17.5 Å². The minimum absolute atomic E-state index is 0.0212. The first-order valence-electron chi connectivity index (χ1n) is 5.72. The number of nitrogens with one attached hydrogen (secondary N) is 1. The third-order valence-corrected chi connectivity index (χ3v) is 3.09. The second-order valence-corrected chi connectivity index (χ2v) is 4.93. The van der Waals surface area contributed by atoms with Gasteiger partial charge in [-0.1, -0.05) is 11.6 Å². The Hall–Kier alpha value is -1.49. The minimum Gasteiger partial charge on any atom is -0.397 e. The third-order valence-electron chi connectivity index (χ3n) is 2.80. The summed E-state index contributed by atoms with van der Waals surface area (Å²) in [5.41, 5.74) is 6.57. The summed E-state index contributed by atoms with van der Waals surface area (Å²) in [5, 5.41) is 2.84. The van der Waals surface area contributed by atoms with E-state index in [0.29, 0.717) is 17.4 Å². The second-order valence-electron chi connectivity index (χ2n) is 4.52. The van der Waals surface area contributed by atoms with E-state index >= 15 is 0 Å². The van der Waals surface area contributed by atoms with Crippen molar-refractivity contribution >= 4 is 28.9 Å². The Bertz CT molecular complexity index is 477. The van der Waals surface area contributed by atoms with E-state index in [1.807, 2.05) is 0 Å². The van der Waals surface area contributed by atoms with E-state index in [9.17, 15) is 9.18 Å². The lowest BCUT2D eigenvalue weighted by atomic mass is 10.2. The lowest BCUT2D eigenvalue weighted by Gasteiger charge is -2.20. The van der Waals surface area contributed by atoms with Crippen LogP contribution in [-0.4, -0.2) is 25.5 Å². The van der Waals surface area contributed by atoms with Gasteiger partial charge in [0.1, 0.15) is 5.82 Å². The molecule has 0 saturated heterocycles. The van der Waals surface area contributed by atoms with Crippen LogP contribution >= 0.6 is 11.6 Å². The zero-order chi connectivity index (χ0) is 13.3. The van der Waals surface area contributed by atoms with Crippen molar-refractivity contribution in [2.75, 3.05) is 24.2 Å². The molecule has 0 bridgehead atoms. The molecule has 98 valence electrons. The number of amides is 1. The van der Waals surface area contributed by atoms with Crippen molar-refractivity contribution in [1.82, 2.24) is 5.32 Å². The Balaban J connectivity index is 2.05. The lowest BCUT2D eigenvalue weighted by Crippen LogP contribution is -2.36. The van der Waals surface area contributed by atoms with Crippen LogP contribution in [0.5, 0.6) is 0 Å². The number of carbonyl (C=O) groups is 1. The van der Waals surface area contributed by atoms with Crippen molar-refractivity contribution in [3.63, 3.8) is 0 Å². The molecule has 1 aliphatic rings. The van der Waals surface area contributed by atoms with Gasteiger partial charge in [0, 0.05) is 19.2 Å². The predicted octanol–water partition coefficient (Wildman–Crippen LogP) is 1.78. The summed E-state index contributed by atoms with van der Waals surface area (Å²) in [7, 11) is 1.69. The summed E-state index contributed by atoms with van der Waals surface area (Å²) in [6.45, 7) is 0.141. The van der Waals surface area contributed by atoms with E-state index in [4.69, 9.17) is 17.3 Å². The Kier molecular flexibility index (Phi) is 3.61. The fourth-order valence-corrected chi connectivity index (χ4v) is 1.86. The molecule has 0 heterocycles. The van der Waals surface area contributed by atoms with Gasteiger partial charge in [-0.2, -0.15) is 0 Å². The van der Waals surface area contributed by atoms with Crippen LogP contribution in [0.25, 0.3) is 0 Å². The number of anilines is 2. The molecule has 0 aromatic heterocycles. The highest BCUT2D eigenvalue weighted by atomic mass is 35.5. The van der Waals surface area contributed by atoms with E-state index < -0.39 is 5.82 Å². The standard InChI is InChI=1S/C12H15ClFN3O/c1-17(6-12(18)16-7-2-3-7)11-5-9(14)8(13)4-10(11)15/h4-5,7H,2-3,6,15H2,1H3,(H,16,18). The molecule has 0 aliphatic heterocycles. The van der Waals surface area contributed by atoms with Crippen LogP contribution in [0.15, 0.2) is 12.1 Å². The van der Waals surface area contributed by atoms with Gasteiger partial charge in [-0.25, -0.2) is 4.39 Å². The molecule has 0 spiro atoms. The average Bonchev–Trinajstić information content (AvgIpc) is 3.06. The number of nitrogen functional groups attached to an aromatic ring is 1. The molecule has 0 atom stereocenters. The maximum absolute atomic E-state index is 13.4. The van der Waals surface area contributed by atoms with Crippen molar-refractivity contribution < 1.29 is 9.18 Å². The topological polar surface area (TPSA) is 58.4 Å². The van der Waals surface area contributed by atoms with E-state index in [1.165, 1.54) is 12.1 Å². The van der Waals surface area contributed by atoms with Gasteiger partial charge in [0.05, 0.1) is 22.9 Å². The molecule has 1 aliphatic carbocycles. The zero-order valence-electron chi connectivity index (χ0n) is 10.0. The van der Waals surface area contributed by atoms with Crippen molar-refractivity contribution in [3.8, 4) is 0 Å². The molecule has 1 saturated carbocycles. The largest absolute Gasteiger partial charge is 0.397 e. The average molecular weight is 272 g/mol. The molecule has 1 aromatic carbocycles. The zero-order valence-corrected chi connectivity index (χ0v) is 10.8. The van der Waals surface area contributed by atoms with E-state index in [0.717, 1.165) is 12.8 Å². The lowest BCUT2D eigenvalue weighted by molar-refractivity contribution is -0.119.